The molecule has 0 aromatic heterocycles. The molecule has 0 saturated carbocycles. The predicted molar refractivity (Wildman–Crippen MR) is 302 cm³/mol. The summed E-state index contributed by atoms with van der Waals surface area (Å²) in [5, 5.41) is 0. The SMILES string of the molecule is CC/C=C\C/C=C\C/C=C\C/C=C\C/C=C\CCCCCC(=O)OCC(COC(=O)CCCCCCC/C=C\CCCCCCC)OC(=O)CCCCCCCC/C=C\C/C=C\C/C=C\CCCCC. The molecule has 6 heteroatoms. The second-order valence-electron chi connectivity index (χ2n) is 18.8. The molecule has 0 aliphatic rings. The number of unbranched alkanes of at least 4 members (excludes halogenated alkanes) is 22. The van der Waals surface area contributed by atoms with Crippen LogP contribution in [0.2, 0.25) is 0 Å². The molecular formula is C64H106O6. The van der Waals surface area contributed by atoms with E-state index in [9.17, 15) is 14.4 Å². The number of allylic oxidation sites excluding steroid dienone is 18. The van der Waals surface area contributed by atoms with Crippen LogP contribution in [-0.4, -0.2) is 37.2 Å². The highest BCUT2D eigenvalue weighted by Gasteiger charge is 2.19. The largest absolute Gasteiger partial charge is 0.462 e. The van der Waals surface area contributed by atoms with E-state index < -0.39 is 6.10 Å². The zero-order valence-electron chi connectivity index (χ0n) is 45.5. The Bertz CT molecular complexity index is 1440. The molecule has 398 valence electrons. The highest BCUT2D eigenvalue weighted by atomic mass is 16.6. The van der Waals surface area contributed by atoms with Crippen molar-refractivity contribution in [2.75, 3.05) is 13.2 Å². The summed E-state index contributed by atoms with van der Waals surface area (Å²) < 4.78 is 16.8. The molecule has 0 radical (unpaired) electrons. The predicted octanol–water partition coefficient (Wildman–Crippen LogP) is 19.5. The number of carbonyl (C=O) groups excluding carboxylic acids is 3. The van der Waals surface area contributed by atoms with Gasteiger partial charge in [-0.2, -0.15) is 0 Å². The fourth-order valence-electron chi connectivity index (χ4n) is 7.65. The van der Waals surface area contributed by atoms with Crippen LogP contribution >= 0.6 is 0 Å². The van der Waals surface area contributed by atoms with Crippen molar-refractivity contribution in [3.63, 3.8) is 0 Å². The molecule has 1 atom stereocenters. The van der Waals surface area contributed by atoms with Gasteiger partial charge in [0.15, 0.2) is 6.10 Å². The maximum Gasteiger partial charge on any atom is 0.306 e. The molecule has 0 aromatic carbocycles. The minimum Gasteiger partial charge on any atom is -0.462 e. The first-order chi connectivity index (χ1) is 34.5. The molecule has 1 unspecified atom stereocenters. The van der Waals surface area contributed by atoms with Crippen LogP contribution in [0.15, 0.2) is 109 Å². The van der Waals surface area contributed by atoms with Crippen LogP contribution < -0.4 is 0 Å². The van der Waals surface area contributed by atoms with Crippen molar-refractivity contribution in [2.24, 2.45) is 0 Å². The minimum atomic E-state index is -0.805. The van der Waals surface area contributed by atoms with Crippen molar-refractivity contribution in [3.05, 3.63) is 109 Å². The van der Waals surface area contributed by atoms with E-state index in [0.717, 1.165) is 135 Å². The van der Waals surface area contributed by atoms with Crippen LogP contribution in [0, 0.1) is 0 Å². The topological polar surface area (TPSA) is 78.9 Å². The first-order valence-electron chi connectivity index (χ1n) is 28.9. The van der Waals surface area contributed by atoms with E-state index in [1.54, 1.807) is 0 Å². The second-order valence-corrected chi connectivity index (χ2v) is 18.8. The van der Waals surface area contributed by atoms with Crippen molar-refractivity contribution in [1.29, 1.82) is 0 Å². The van der Waals surface area contributed by atoms with Gasteiger partial charge in [-0.25, -0.2) is 0 Å². The monoisotopic (exact) mass is 971 g/mol. The van der Waals surface area contributed by atoms with Gasteiger partial charge >= 0.3 is 17.9 Å². The standard InChI is InChI=1S/C64H106O6/c1-4-7-10-13-16-19-22-25-28-30-32-34-36-39-42-45-48-51-54-57-63(66)69-60-61(59-68-62(65)56-53-50-47-44-41-38-27-24-21-18-15-12-9-6-3)70-64(67)58-55-52-49-46-43-40-37-35-33-31-29-26-23-20-17-14-11-8-5-2/h7,10,16-17,19-20,24-29,32-35,39,42,61H,4-6,8-9,11-15,18,21-23,30-31,36-38,40-41,43-60H2,1-3H3/b10-7-,19-16-,20-17-,27-24-,28-25-,29-26-,34-32-,35-33-,42-39-. The summed E-state index contributed by atoms with van der Waals surface area (Å²) >= 11 is 0. The number of esters is 3. The molecule has 0 aliphatic heterocycles. The average molecular weight is 972 g/mol. The highest BCUT2D eigenvalue weighted by molar-refractivity contribution is 5.71. The number of rotatable bonds is 51. The molecule has 70 heavy (non-hydrogen) atoms. The smallest absolute Gasteiger partial charge is 0.306 e. The van der Waals surface area contributed by atoms with Crippen LogP contribution in [0.1, 0.15) is 258 Å². The van der Waals surface area contributed by atoms with E-state index in [4.69, 9.17) is 14.2 Å². The average Bonchev–Trinajstić information content (AvgIpc) is 3.36. The lowest BCUT2D eigenvalue weighted by Gasteiger charge is -2.18. The van der Waals surface area contributed by atoms with E-state index in [0.29, 0.717) is 19.3 Å². The van der Waals surface area contributed by atoms with Crippen LogP contribution in [-0.2, 0) is 28.6 Å². The molecule has 0 spiro atoms. The molecule has 0 rings (SSSR count). The van der Waals surface area contributed by atoms with E-state index >= 15 is 0 Å². The van der Waals surface area contributed by atoms with Crippen LogP contribution in [0.4, 0.5) is 0 Å². The molecule has 0 heterocycles. The maximum absolute atomic E-state index is 12.9. The quantitative estimate of drug-likeness (QED) is 0.0262. The van der Waals surface area contributed by atoms with Crippen molar-refractivity contribution in [2.45, 2.75) is 264 Å². The third-order valence-electron chi connectivity index (χ3n) is 12.0. The van der Waals surface area contributed by atoms with Crippen molar-refractivity contribution in [3.8, 4) is 0 Å². The Morgan fingerprint density at radius 1 is 0.300 bits per heavy atom. The van der Waals surface area contributed by atoms with Crippen molar-refractivity contribution < 1.29 is 28.6 Å². The third kappa shape index (κ3) is 55.0. The van der Waals surface area contributed by atoms with Gasteiger partial charge < -0.3 is 14.2 Å². The summed E-state index contributed by atoms with van der Waals surface area (Å²) in [6.45, 7) is 6.44. The number of hydrogen-bond donors (Lipinski definition) is 0. The maximum atomic E-state index is 12.9. The fraction of sp³-hybridized carbons (Fsp3) is 0.672. The molecule has 0 amide bonds. The summed E-state index contributed by atoms with van der Waals surface area (Å²) in [5.74, 6) is -0.953. The molecule has 0 bridgehead atoms. The Morgan fingerprint density at radius 3 is 0.929 bits per heavy atom. The van der Waals surface area contributed by atoms with Gasteiger partial charge in [0.25, 0.3) is 0 Å². The molecule has 0 aliphatic carbocycles. The second kappa shape index (κ2) is 57.6. The van der Waals surface area contributed by atoms with Crippen molar-refractivity contribution in [1.82, 2.24) is 0 Å². The fourth-order valence-corrected chi connectivity index (χ4v) is 7.65. The molecule has 0 aromatic rings. The van der Waals surface area contributed by atoms with E-state index in [2.05, 4.69) is 130 Å². The Labute approximate surface area is 431 Å². The Hall–Kier alpha value is -3.93. The molecule has 0 fully saturated rings. The van der Waals surface area contributed by atoms with Crippen LogP contribution in [0.3, 0.4) is 0 Å². The van der Waals surface area contributed by atoms with Gasteiger partial charge in [0.1, 0.15) is 13.2 Å². The summed E-state index contributed by atoms with van der Waals surface area (Å²) in [6, 6.07) is 0. The summed E-state index contributed by atoms with van der Waals surface area (Å²) in [6.07, 6.45) is 77.8. The van der Waals surface area contributed by atoms with Crippen molar-refractivity contribution >= 4 is 17.9 Å². The van der Waals surface area contributed by atoms with Gasteiger partial charge in [-0.1, -0.05) is 220 Å². The Balaban J connectivity index is 4.49. The van der Waals surface area contributed by atoms with Gasteiger partial charge in [-0.15, -0.1) is 0 Å². The zero-order valence-corrected chi connectivity index (χ0v) is 45.5. The molecule has 0 saturated heterocycles. The van der Waals surface area contributed by atoms with Gasteiger partial charge in [-0.05, 0) is 128 Å². The van der Waals surface area contributed by atoms with Gasteiger partial charge in [0, 0.05) is 19.3 Å². The highest BCUT2D eigenvalue weighted by Crippen LogP contribution is 2.14. The summed E-state index contributed by atoms with van der Waals surface area (Å²) in [4.78, 5) is 38.2. The third-order valence-corrected chi connectivity index (χ3v) is 12.0. The number of hydrogen-bond acceptors (Lipinski definition) is 6. The van der Waals surface area contributed by atoms with Gasteiger partial charge in [0.2, 0.25) is 0 Å². The Kier molecular flexibility index (Phi) is 54.4. The first-order valence-corrected chi connectivity index (χ1v) is 28.9. The molecule has 0 N–H and O–H groups in total. The van der Waals surface area contributed by atoms with Gasteiger partial charge in [-0.3, -0.25) is 14.4 Å². The zero-order chi connectivity index (χ0) is 50.7. The number of carbonyl (C=O) groups is 3. The first kappa shape index (κ1) is 66.1. The van der Waals surface area contributed by atoms with Crippen LogP contribution in [0.25, 0.3) is 0 Å². The van der Waals surface area contributed by atoms with E-state index in [1.807, 2.05) is 0 Å². The number of ether oxygens (including phenoxy) is 3. The lowest BCUT2D eigenvalue weighted by molar-refractivity contribution is -0.167. The van der Waals surface area contributed by atoms with Crippen LogP contribution in [0.5, 0.6) is 0 Å². The summed E-state index contributed by atoms with van der Waals surface area (Å²) in [5.41, 5.74) is 0. The summed E-state index contributed by atoms with van der Waals surface area (Å²) in [7, 11) is 0. The van der Waals surface area contributed by atoms with E-state index in [1.165, 1.54) is 83.5 Å². The van der Waals surface area contributed by atoms with E-state index in [-0.39, 0.29) is 31.1 Å². The Morgan fingerprint density at radius 2 is 0.557 bits per heavy atom. The minimum absolute atomic E-state index is 0.0999. The van der Waals surface area contributed by atoms with Gasteiger partial charge in [0.05, 0.1) is 0 Å². The normalized spacial score (nSPS) is 12.9. The molecule has 6 nitrogen and oxygen atoms in total. The lowest BCUT2D eigenvalue weighted by Crippen LogP contribution is -2.30. The molecular weight excluding hydrogens is 865 g/mol. The lowest BCUT2D eigenvalue weighted by atomic mass is 10.1.